The number of piperidine rings is 1. The number of hydrogen-bond acceptors (Lipinski definition) is 5. The molecule has 1 fully saturated rings. The molecule has 0 spiro atoms. The first-order chi connectivity index (χ1) is 10.8. The molecule has 0 atom stereocenters. The van der Waals surface area contributed by atoms with Crippen molar-refractivity contribution in [1.82, 2.24) is 15.1 Å². The average molecular weight is 305 g/mol. The number of anilines is 1. The molecule has 6 nitrogen and oxygen atoms in total. The van der Waals surface area contributed by atoms with Crippen LogP contribution in [0.5, 0.6) is 0 Å². The first-order valence-corrected chi connectivity index (χ1v) is 8.31. The Morgan fingerprint density at radius 2 is 2.05 bits per heavy atom. The maximum absolute atomic E-state index is 12.2. The Hall–Kier alpha value is -1.69. The Morgan fingerprint density at radius 3 is 2.73 bits per heavy atom. The fourth-order valence-electron chi connectivity index (χ4n) is 2.79. The van der Waals surface area contributed by atoms with Gasteiger partial charge in [0.25, 0.3) is 0 Å². The molecular weight excluding hydrogens is 278 g/mol. The lowest BCUT2D eigenvalue weighted by Gasteiger charge is -2.32. The molecule has 1 aliphatic heterocycles. The van der Waals surface area contributed by atoms with Gasteiger partial charge in [-0.1, -0.05) is 12.8 Å². The summed E-state index contributed by atoms with van der Waals surface area (Å²) in [6.07, 6.45) is 8.56. The summed E-state index contributed by atoms with van der Waals surface area (Å²) < 4.78 is 0. The molecule has 1 aliphatic rings. The molecule has 0 aliphatic carbocycles. The van der Waals surface area contributed by atoms with Gasteiger partial charge in [-0.05, 0) is 44.4 Å². The minimum Gasteiger partial charge on any atom is -0.366 e. The van der Waals surface area contributed by atoms with E-state index in [2.05, 4.69) is 15.5 Å². The Morgan fingerprint density at radius 1 is 1.27 bits per heavy atom. The molecule has 1 amide bonds. The zero-order valence-corrected chi connectivity index (χ0v) is 13.2. The fraction of sp³-hybridized carbons (Fsp3) is 0.688. The van der Waals surface area contributed by atoms with E-state index in [-0.39, 0.29) is 0 Å². The Bertz CT molecular complexity index is 431. The quantitative estimate of drug-likeness (QED) is 0.715. The molecule has 0 saturated carbocycles. The highest BCUT2D eigenvalue weighted by Gasteiger charge is 2.22. The molecule has 2 heterocycles. The van der Waals surface area contributed by atoms with Crippen molar-refractivity contribution in [3.63, 3.8) is 0 Å². The molecular formula is C16H27N5O. The van der Waals surface area contributed by atoms with Gasteiger partial charge >= 0.3 is 0 Å². The second-order valence-corrected chi connectivity index (χ2v) is 5.86. The lowest BCUT2D eigenvalue weighted by atomic mass is 10.0. The summed E-state index contributed by atoms with van der Waals surface area (Å²) in [6.45, 7) is 2.42. The summed E-state index contributed by atoms with van der Waals surface area (Å²) in [5.74, 6) is 1.11. The number of nitrogens with two attached hydrogens (primary N) is 1. The van der Waals surface area contributed by atoms with Crippen LogP contribution in [0.15, 0.2) is 18.3 Å². The molecule has 2 rings (SSSR count). The van der Waals surface area contributed by atoms with Crippen molar-refractivity contribution in [2.45, 2.75) is 51.0 Å². The highest BCUT2D eigenvalue weighted by atomic mass is 16.2. The summed E-state index contributed by atoms with van der Waals surface area (Å²) in [4.78, 5) is 14.2. The van der Waals surface area contributed by atoms with Crippen molar-refractivity contribution in [2.24, 2.45) is 5.73 Å². The second kappa shape index (κ2) is 9.35. The standard InChI is InChI=1S/C16H27N5O/c17-10-4-2-1-3-7-16(22)21-12-8-14(9-13-21)19-15-6-5-11-18-20-15/h5-6,11,14H,1-4,7-10,12-13,17H2,(H,19,20). The van der Waals surface area contributed by atoms with Crippen LogP contribution in [0.1, 0.15) is 44.9 Å². The summed E-state index contributed by atoms with van der Waals surface area (Å²) in [6, 6.07) is 4.18. The Balaban J connectivity index is 1.63. The number of rotatable bonds is 8. The van der Waals surface area contributed by atoms with E-state index in [1.165, 1.54) is 0 Å². The smallest absolute Gasteiger partial charge is 0.222 e. The molecule has 1 aromatic rings. The van der Waals surface area contributed by atoms with Gasteiger partial charge < -0.3 is 16.0 Å². The van der Waals surface area contributed by atoms with E-state index in [0.29, 0.717) is 18.4 Å². The van der Waals surface area contributed by atoms with Crippen LogP contribution in [-0.4, -0.2) is 46.7 Å². The van der Waals surface area contributed by atoms with Crippen molar-refractivity contribution < 1.29 is 4.79 Å². The van der Waals surface area contributed by atoms with Crippen LogP contribution < -0.4 is 11.1 Å². The van der Waals surface area contributed by atoms with E-state index in [0.717, 1.165) is 64.0 Å². The van der Waals surface area contributed by atoms with Gasteiger partial charge in [0, 0.05) is 31.7 Å². The normalized spacial score (nSPS) is 15.8. The number of hydrogen-bond donors (Lipinski definition) is 2. The van der Waals surface area contributed by atoms with E-state index >= 15 is 0 Å². The van der Waals surface area contributed by atoms with Crippen LogP contribution in [0.2, 0.25) is 0 Å². The number of unbranched alkanes of at least 4 members (excludes halogenated alkanes) is 3. The van der Waals surface area contributed by atoms with Crippen LogP contribution in [-0.2, 0) is 4.79 Å². The SMILES string of the molecule is NCCCCCCC(=O)N1CCC(Nc2cccnn2)CC1. The van der Waals surface area contributed by atoms with Crippen LogP contribution in [0.4, 0.5) is 5.82 Å². The molecule has 1 aromatic heterocycles. The summed E-state index contributed by atoms with van der Waals surface area (Å²) in [7, 11) is 0. The maximum atomic E-state index is 12.2. The third-order valence-corrected chi connectivity index (χ3v) is 4.12. The highest BCUT2D eigenvalue weighted by Crippen LogP contribution is 2.16. The predicted molar refractivity (Wildman–Crippen MR) is 87.4 cm³/mol. The molecule has 22 heavy (non-hydrogen) atoms. The number of likely N-dealkylation sites (tertiary alicyclic amines) is 1. The minimum absolute atomic E-state index is 0.297. The average Bonchev–Trinajstić information content (AvgIpc) is 2.56. The number of carbonyl (C=O) groups is 1. The van der Waals surface area contributed by atoms with E-state index in [4.69, 9.17) is 5.73 Å². The Labute approximate surface area is 132 Å². The number of aromatic nitrogens is 2. The van der Waals surface area contributed by atoms with Gasteiger partial charge in [-0.25, -0.2) is 0 Å². The summed E-state index contributed by atoms with van der Waals surface area (Å²) in [5, 5.41) is 11.3. The zero-order chi connectivity index (χ0) is 15.6. The van der Waals surface area contributed by atoms with Gasteiger partial charge in [0.15, 0.2) is 0 Å². The third-order valence-electron chi connectivity index (χ3n) is 4.12. The van der Waals surface area contributed by atoms with Crippen LogP contribution in [0.3, 0.4) is 0 Å². The van der Waals surface area contributed by atoms with E-state index in [1.807, 2.05) is 17.0 Å². The summed E-state index contributed by atoms with van der Waals surface area (Å²) >= 11 is 0. The number of amides is 1. The topological polar surface area (TPSA) is 84.1 Å². The van der Waals surface area contributed by atoms with Gasteiger partial charge in [0.05, 0.1) is 0 Å². The predicted octanol–water partition coefficient (Wildman–Crippen LogP) is 1.79. The van der Waals surface area contributed by atoms with Crippen molar-refractivity contribution in [3.8, 4) is 0 Å². The first kappa shape index (κ1) is 16.7. The number of nitrogens with one attached hydrogen (secondary N) is 1. The van der Waals surface area contributed by atoms with Crippen LogP contribution in [0, 0.1) is 0 Å². The molecule has 122 valence electrons. The Kier molecular flexibility index (Phi) is 7.09. The highest BCUT2D eigenvalue weighted by molar-refractivity contribution is 5.76. The van der Waals surface area contributed by atoms with E-state index in [9.17, 15) is 4.79 Å². The maximum Gasteiger partial charge on any atom is 0.222 e. The molecule has 3 N–H and O–H groups in total. The zero-order valence-electron chi connectivity index (χ0n) is 13.2. The van der Waals surface area contributed by atoms with E-state index < -0.39 is 0 Å². The van der Waals surface area contributed by atoms with Gasteiger partial charge in [0.1, 0.15) is 5.82 Å². The fourth-order valence-corrected chi connectivity index (χ4v) is 2.79. The van der Waals surface area contributed by atoms with E-state index in [1.54, 1.807) is 6.20 Å². The first-order valence-electron chi connectivity index (χ1n) is 8.31. The summed E-state index contributed by atoms with van der Waals surface area (Å²) in [5.41, 5.74) is 5.47. The van der Waals surface area contributed by atoms with Crippen LogP contribution in [0.25, 0.3) is 0 Å². The van der Waals surface area contributed by atoms with Gasteiger partial charge in [-0.3, -0.25) is 4.79 Å². The van der Waals surface area contributed by atoms with Crippen molar-refractivity contribution in [3.05, 3.63) is 18.3 Å². The van der Waals surface area contributed by atoms with Gasteiger partial charge in [-0.2, -0.15) is 5.10 Å². The third kappa shape index (κ3) is 5.60. The lowest BCUT2D eigenvalue weighted by molar-refractivity contribution is -0.132. The monoisotopic (exact) mass is 305 g/mol. The largest absolute Gasteiger partial charge is 0.366 e. The number of nitrogens with zero attached hydrogens (tertiary/aromatic N) is 3. The van der Waals surface area contributed by atoms with Crippen molar-refractivity contribution >= 4 is 11.7 Å². The molecule has 0 aromatic carbocycles. The lowest BCUT2D eigenvalue weighted by Crippen LogP contribution is -2.42. The second-order valence-electron chi connectivity index (χ2n) is 5.86. The van der Waals surface area contributed by atoms with Crippen molar-refractivity contribution in [2.75, 3.05) is 25.0 Å². The van der Waals surface area contributed by atoms with Gasteiger partial charge in [-0.15, -0.1) is 5.10 Å². The van der Waals surface area contributed by atoms with Crippen LogP contribution >= 0.6 is 0 Å². The molecule has 6 heteroatoms. The molecule has 0 unspecified atom stereocenters. The van der Waals surface area contributed by atoms with Crippen molar-refractivity contribution in [1.29, 1.82) is 0 Å². The van der Waals surface area contributed by atoms with Gasteiger partial charge in [0.2, 0.25) is 5.91 Å². The number of carbonyl (C=O) groups excluding carboxylic acids is 1. The minimum atomic E-state index is 0.297. The molecule has 0 radical (unpaired) electrons. The molecule has 1 saturated heterocycles. The molecule has 0 bridgehead atoms.